The summed E-state index contributed by atoms with van der Waals surface area (Å²) in [6, 6.07) is 77.0. The number of rotatable bonds is 8. The predicted molar refractivity (Wildman–Crippen MR) is 263 cm³/mol. The zero-order chi connectivity index (χ0) is 42.3. The Hall–Kier alpha value is -7.86. The van der Waals surface area contributed by atoms with Crippen molar-refractivity contribution in [2.24, 2.45) is 0 Å². The van der Waals surface area contributed by atoms with E-state index in [-0.39, 0.29) is 0 Å². The third-order valence-corrected chi connectivity index (χ3v) is 15.6. The minimum atomic E-state index is -2.07. The Morgan fingerprint density at radius 3 is 1.21 bits per heavy atom. The van der Waals surface area contributed by atoms with E-state index in [0.29, 0.717) is 5.82 Å². The Kier molecular flexibility index (Phi) is 9.60. The van der Waals surface area contributed by atoms with Gasteiger partial charge in [-0.2, -0.15) is 0 Å². The van der Waals surface area contributed by atoms with Gasteiger partial charge < -0.3 is 0 Å². The molecule has 1 aliphatic heterocycles. The van der Waals surface area contributed by atoms with Crippen molar-refractivity contribution in [3.05, 3.63) is 218 Å². The van der Waals surface area contributed by atoms with Gasteiger partial charge in [-0.3, -0.25) is 0 Å². The molecular weight excluding hydrogens is 781 g/mol. The predicted octanol–water partition coefficient (Wildman–Crippen LogP) is 13.4. The summed E-state index contributed by atoms with van der Waals surface area (Å²) < 4.78 is 0. The molecule has 0 radical (unpaired) electrons. The molecule has 1 aliphatic rings. The largest absolute Gasteiger partial charge is 0.237 e. The fraction of sp³-hybridized carbons (Fsp3) is 0.0345. The van der Waals surface area contributed by atoms with Crippen LogP contribution < -0.4 is 10.5 Å². The molecule has 0 unspecified atom stereocenters. The smallest absolute Gasteiger partial charge is 0.160 e. The molecule has 5 heteroatoms. The van der Waals surface area contributed by atoms with Crippen molar-refractivity contribution in [1.29, 1.82) is 0 Å². The summed E-state index contributed by atoms with van der Waals surface area (Å²) in [5.41, 5.74) is 17.3. The van der Waals surface area contributed by atoms with Gasteiger partial charge in [0, 0.05) is 38.7 Å². The standard InChI is InChI=1S/C58H42N4Si/c1-63(2)53-33-13-12-32-50(53)54-55(61-56(62-58(54)63)41-22-10-5-11-23-41)48-30-16-28-46(36-48)44-26-14-24-42(34-44)43-25-15-27-45(35-43)47-29-17-31-49(37-47)57-59-51(39-18-6-3-7-19-39)38-52(60-57)40-20-8-4-9-21-40/h3-38H,1-2H3. The van der Waals surface area contributed by atoms with Gasteiger partial charge in [-0.25, -0.2) is 19.9 Å². The SMILES string of the molecule is C[Si]1(C)c2ccccc2-c2c(-c3cccc(-c4cccc(-c5cccc(-c6cccc(-c7nc(-c8ccccc8)cc(-c8ccccc8)n7)c6)c5)c4)c3)nc(-c3ccccc3)nc21. The van der Waals surface area contributed by atoms with E-state index in [1.807, 2.05) is 42.5 Å². The highest BCUT2D eigenvalue weighted by atomic mass is 28.3. The van der Waals surface area contributed by atoms with Crippen LogP contribution in [-0.4, -0.2) is 28.0 Å². The molecule has 0 saturated carbocycles. The van der Waals surface area contributed by atoms with E-state index in [4.69, 9.17) is 19.9 Å². The molecule has 298 valence electrons. The van der Waals surface area contributed by atoms with Crippen LogP contribution in [-0.2, 0) is 0 Å². The second kappa shape index (κ2) is 15.9. The zero-order valence-corrected chi connectivity index (χ0v) is 36.1. The molecule has 4 nitrogen and oxygen atoms in total. The summed E-state index contributed by atoms with van der Waals surface area (Å²) in [5.74, 6) is 1.47. The molecule has 63 heavy (non-hydrogen) atoms. The number of hydrogen-bond donors (Lipinski definition) is 0. The second-order valence-electron chi connectivity index (χ2n) is 16.7. The molecular formula is C58H42N4Si. The van der Waals surface area contributed by atoms with E-state index in [0.717, 1.165) is 84.1 Å². The van der Waals surface area contributed by atoms with Gasteiger partial charge in [-0.15, -0.1) is 0 Å². The molecule has 0 N–H and O–H groups in total. The Morgan fingerprint density at radius 1 is 0.302 bits per heavy atom. The first-order chi connectivity index (χ1) is 31.0. The van der Waals surface area contributed by atoms with Crippen molar-refractivity contribution < 1.29 is 0 Å². The molecule has 0 bridgehead atoms. The lowest BCUT2D eigenvalue weighted by atomic mass is 9.94. The summed E-state index contributed by atoms with van der Waals surface area (Å²) in [4.78, 5) is 20.9. The topological polar surface area (TPSA) is 51.6 Å². The summed E-state index contributed by atoms with van der Waals surface area (Å²) in [6.07, 6.45) is 0. The van der Waals surface area contributed by atoms with Crippen molar-refractivity contribution in [1.82, 2.24) is 19.9 Å². The Balaban J connectivity index is 0.948. The van der Waals surface area contributed by atoms with E-state index in [1.54, 1.807) is 0 Å². The summed E-state index contributed by atoms with van der Waals surface area (Å²) in [7, 11) is -2.07. The average molecular weight is 823 g/mol. The summed E-state index contributed by atoms with van der Waals surface area (Å²) >= 11 is 0. The van der Waals surface area contributed by atoms with Crippen LogP contribution in [0, 0.1) is 0 Å². The summed E-state index contributed by atoms with van der Waals surface area (Å²) in [6.45, 7) is 4.83. The minimum absolute atomic E-state index is 0.696. The maximum Gasteiger partial charge on any atom is 0.160 e. The van der Waals surface area contributed by atoms with Gasteiger partial charge >= 0.3 is 0 Å². The highest BCUT2D eigenvalue weighted by Crippen LogP contribution is 2.39. The molecule has 10 aromatic rings. The first-order valence-electron chi connectivity index (χ1n) is 21.5. The van der Waals surface area contributed by atoms with Crippen LogP contribution in [0.4, 0.5) is 0 Å². The lowest BCUT2D eigenvalue weighted by Crippen LogP contribution is -2.50. The van der Waals surface area contributed by atoms with Crippen LogP contribution in [0.15, 0.2) is 218 Å². The van der Waals surface area contributed by atoms with Gasteiger partial charge in [0.1, 0.15) is 8.07 Å². The van der Waals surface area contributed by atoms with E-state index in [1.165, 1.54) is 21.6 Å². The van der Waals surface area contributed by atoms with Crippen molar-refractivity contribution in [2.45, 2.75) is 13.1 Å². The zero-order valence-electron chi connectivity index (χ0n) is 35.1. The van der Waals surface area contributed by atoms with Gasteiger partial charge in [-0.1, -0.05) is 201 Å². The first kappa shape index (κ1) is 38.1. The molecule has 0 amide bonds. The number of hydrogen-bond acceptors (Lipinski definition) is 4. The molecule has 3 heterocycles. The highest BCUT2D eigenvalue weighted by Gasteiger charge is 2.41. The van der Waals surface area contributed by atoms with Gasteiger partial charge in [0.25, 0.3) is 0 Å². The van der Waals surface area contributed by atoms with Gasteiger partial charge in [-0.05, 0) is 74.5 Å². The fourth-order valence-corrected chi connectivity index (χ4v) is 11.9. The lowest BCUT2D eigenvalue weighted by Gasteiger charge is -2.19. The molecule has 0 saturated heterocycles. The molecule has 0 fully saturated rings. The van der Waals surface area contributed by atoms with Crippen molar-refractivity contribution in [3.8, 4) is 101 Å². The number of nitrogens with zero attached hydrogens (tertiary/aromatic N) is 4. The fourth-order valence-electron chi connectivity index (χ4n) is 9.00. The van der Waals surface area contributed by atoms with Crippen LogP contribution >= 0.6 is 0 Å². The molecule has 8 aromatic carbocycles. The van der Waals surface area contributed by atoms with Crippen molar-refractivity contribution >= 4 is 18.6 Å². The molecule has 0 aliphatic carbocycles. The summed E-state index contributed by atoms with van der Waals surface area (Å²) in [5, 5.41) is 2.62. The van der Waals surface area contributed by atoms with E-state index in [9.17, 15) is 0 Å². The Labute approximate surface area is 369 Å². The Bertz CT molecular complexity index is 3250. The van der Waals surface area contributed by atoms with Crippen LogP contribution in [0.3, 0.4) is 0 Å². The normalized spacial score (nSPS) is 12.4. The molecule has 0 spiro atoms. The van der Waals surface area contributed by atoms with Crippen LogP contribution in [0.5, 0.6) is 0 Å². The third-order valence-electron chi connectivity index (χ3n) is 12.2. The molecule has 2 aromatic heterocycles. The minimum Gasteiger partial charge on any atom is -0.237 e. The maximum atomic E-state index is 5.35. The third kappa shape index (κ3) is 7.18. The van der Waals surface area contributed by atoms with Gasteiger partial charge in [0.2, 0.25) is 0 Å². The van der Waals surface area contributed by atoms with Crippen molar-refractivity contribution in [3.63, 3.8) is 0 Å². The highest BCUT2D eigenvalue weighted by molar-refractivity contribution is 7.03. The Morgan fingerprint density at radius 2 is 0.683 bits per heavy atom. The van der Waals surface area contributed by atoms with Crippen LogP contribution in [0.1, 0.15) is 0 Å². The average Bonchev–Trinajstić information content (AvgIpc) is 3.60. The molecule has 11 rings (SSSR count). The van der Waals surface area contributed by atoms with Crippen molar-refractivity contribution in [2.75, 3.05) is 0 Å². The van der Waals surface area contributed by atoms with E-state index >= 15 is 0 Å². The quantitative estimate of drug-likeness (QED) is 0.143. The monoisotopic (exact) mass is 822 g/mol. The lowest BCUT2D eigenvalue weighted by molar-refractivity contribution is 1.18. The van der Waals surface area contributed by atoms with Crippen LogP contribution in [0.25, 0.3) is 101 Å². The molecule has 0 atom stereocenters. The second-order valence-corrected chi connectivity index (χ2v) is 20.9. The van der Waals surface area contributed by atoms with E-state index < -0.39 is 8.07 Å². The van der Waals surface area contributed by atoms with Gasteiger partial charge in [0.05, 0.1) is 17.1 Å². The van der Waals surface area contributed by atoms with Crippen LogP contribution in [0.2, 0.25) is 13.1 Å². The number of fused-ring (bicyclic) bond motifs is 3. The number of aromatic nitrogens is 4. The maximum absolute atomic E-state index is 5.35. The van der Waals surface area contributed by atoms with Gasteiger partial charge in [0.15, 0.2) is 11.6 Å². The first-order valence-corrected chi connectivity index (χ1v) is 24.5. The number of benzene rings is 8. The van der Waals surface area contributed by atoms with E-state index in [2.05, 4.69) is 189 Å².